The van der Waals surface area contributed by atoms with E-state index in [-0.39, 0.29) is 25.1 Å². The molecule has 3 N–H and O–H groups in total. The Kier molecular flexibility index (Phi) is 4.44. The van der Waals surface area contributed by atoms with E-state index in [1.165, 1.54) is 4.31 Å². The predicted molar refractivity (Wildman–Crippen MR) is 67.6 cm³/mol. The van der Waals surface area contributed by atoms with E-state index < -0.39 is 22.1 Å². The Labute approximate surface area is 112 Å². The van der Waals surface area contributed by atoms with Crippen molar-refractivity contribution in [3.05, 3.63) is 0 Å². The first-order valence-electron chi connectivity index (χ1n) is 6.54. The van der Waals surface area contributed by atoms with Gasteiger partial charge in [-0.1, -0.05) is 0 Å². The van der Waals surface area contributed by atoms with Crippen molar-refractivity contribution in [1.82, 2.24) is 9.03 Å². The SMILES string of the molecule is O=C(O)C1CCN(S(=O)(=O)NCC2CC(O)C2)CC1. The molecule has 110 valence electrons. The Morgan fingerprint density at radius 1 is 1.26 bits per heavy atom. The van der Waals surface area contributed by atoms with Gasteiger partial charge in [0.1, 0.15) is 0 Å². The maximum atomic E-state index is 12.0. The van der Waals surface area contributed by atoms with Crippen LogP contribution in [0.3, 0.4) is 0 Å². The largest absolute Gasteiger partial charge is 0.481 e. The van der Waals surface area contributed by atoms with Crippen LogP contribution in [0.4, 0.5) is 0 Å². The zero-order valence-electron chi connectivity index (χ0n) is 10.7. The first-order chi connectivity index (χ1) is 8.88. The van der Waals surface area contributed by atoms with E-state index in [0.29, 0.717) is 32.2 Å². The van der Waals surface area contributed by atoms with Gasteiger partial charge in [0.05, 0.1) is 12.0 Å². The molecule has 7 nitrogen and oxygen atoms in total. The highest BCUT2D eigenvalue weighted by Gasteiger charge is 2.33. The van der Waals surface area contributed by atoms with Gasteiger partial charge in [0, 0.05) is 19.6 Å². The Morgan fingerprint density at radius 2 is 1.84 bits per heavy atom. The van der Waals surface area contributed by atoms with Crippen molar-refractivity contribution in [2.45, 2.75) is 31.8 Å². The summed E-state index contributed by atoms with van der Waals surface area (Å²) in [5.74, 6) is -1.08. The smallest absolute Gasteiger partial charge is 0.306 e. The number of carboxylic acid groups (broad SMARTS) is 1. The molecule has 0 aromatic heterocycles. The van der Waals surface area contributed by atoms with Gasteiger partial charge in [-0.2, -0.15) is 12.7 Å². The number of carbonyl (C=O) groups is 1. The van der Waals surface area contributed by atoms with Crippen LogP contribution in [0.2, 0.25) is 0 Å². The van der Waals surface area contributed by atoms with Crippen molar-refractivity contribution in [2.75, 3.05) is 19.6 Å². The Hall–Kier alpha value is -0.700. The van der Waals surface area contributed by atoms with Gasteiger partial charge in [0.2, 0.25) is 0 Å². The van der Waals surface area contributed by atoms with E-state index >= 15 is 0 Å². The molecule has 0 amide bonds. The second-order valence-electron chi connectivity index (χ2n) is 5.36. The molecule has 0 aromatic carbocycles. The lowest BCUT2D eigenvalue weighted by Gasteiger charge is -2.33. The third kappa shape index (κ3) is 3.65. The summed E-state index contributed by atoms with van der Waals surface area (Å²) in [6, 6.07) is 0. The lowest BCUT2D eigenvalue weighted by Crippen LogP contribution is -2.48. The van der Waals surface area contributed by atoms with Crippen LogP contribution in [-0.2, 0) is 15.0 Å². The third-order valence-electron chi connectivity index (χ3n) is 3.91. The van der Waals surface area contributed by atoms with Gasteiger partial charge in [0.25, 0.3) is 10.2 Å². The average molecular weight is 292 g/mol. The molecule has 1 heterocycles. The van der Waals surface area contributed by atoms with Crippen LogP contribution in [0, 0.1) is 11.8 Å². The Bertz CT molecular complexity index is 424. The fourth-order valence-corrected chi connectivity index (χ4v) is 3.85. The predicted octanol–water partition coefficient (Wildman–Crippen LogP) is -0.612. The summed E-state index contributed by atoms with van der Waals surface area (Å²) < 4.78 is 27.8. The fraction of sp³-hybridized carbons (Fsp3) is 0.909. The number of aliphatic hydroxyl groups excluding tert-OH is 1. The average Bonchev–Trinajstić information content (AvgIpc) is 2.33. The number of rotatable bonds is 5. The topological polar surface area (TPSA) is 107 Å². The van der Waals surface area contributed by atoms with Gasteiger partial charge in [-0.3, -0.25) is 4.79 Å². The summed E-state index contributed by atoms with van der Waals surface area (Å²) in [4.78, 5) is 10.8. The van der Waals surface area contributed by atoms with E-state index in [0.717, 1.165) is 0 Å². The number of aliphatic carboxylic acids is 1. The zero-order valence-corrected chi connectivity index (χ0v) is 11.5. The molecule has 8 heteroatoms. The van der Waals surface area contributed by atoms with Crippen LogP contribution >= 0.6 is 0 Å². The zero-order chi connectivity index (χ0) is 14.0. The number of piperidine rings is 1. The van der Waals surface area contributed by atoms with Crippen molar-refractivity contribution in [1.29, 1.82) is 0 Å². The highest BCUT2D eigenvalue weighted by atomic mass is 32.2. The van der Waals surface area contributed by atoms with Crippen LogP contribution in [0.5, 0.6) is 0 Å². The Morgan fingerprint density at radius 3 is 2.32 bits per heavy atom. The van der Waals surface area contributed by atoms with E-state index in [1.807, 2.05) is 0 Å². The summed E-state index contributed by atoms with van der Waals surface area (Å²) in [6.07, 6.45) is 1.71. The van der Waals surface area contributed by atoms with Crippen LogP contribution in [0.15, 0.2) is 0 Å². The first-order valence-corrected chi connectivity index (χ1v) is 7.98. The lowest BCUT2D eigenvalue weighted by molar-refractivity contribution is -0.142. The molecule has 1 aliphatic heterocycles. The molecule has 0 radical (unpaired) electrons. The van der Waals surface area contributed by atoms with E-state index in [1.54, 1.807) is 0 Å². The molecule has 2 rings (SSSR count). The normalized spacial score (nSPS) is 29.9. The molecule has 0 bridgehead atoms. The molecule has 0 aromatic rings. The number of carboxylic acids is 1. The monoisotopic (exact) mass is 292 g/mol. The summed E-state index contributed by atoms with van der Waals surface area (Å²) >= 11 is 0. The van der Waals surface area contributed by atoms with Gasteiger partial charge in [-0.05, 0) is 31.6 Å². The fourth-order valence-electron chi connectivity index (χ4n) is 2.52. The minimum absolute atomic E-state index is 0.210. The maximum Gasteiger partial charge on any atom is 0.306 e. The van der Waals surface area contributed by atoms with E-state index in [4.69, 9.17) is 10.2 Å². The second-order valence-corrected chi connectivity index (χ2v) is 7.11. The molecular weight excluding hydrogens is 272 g/mol. The van der Waals surface area contributed by atoms with E-state index in [9.17, 15) is 13.2 Å². The number of hydrogen-bond acceptors (Lipinski definition) is 4. The van der Waals surface area contributed by atoms with Gasteiger partial charge in [-0.25, -0.2) is 4.72 Å². The standard InChI is InChI=1S/C11H20N2O5S/c14-10-5-8(6-10)7-12-19(17,18)13-3-1-9(2-4-13)11(15)16/h8-10,12,14H,1-7H2,(H,15,16). The summed E-state index contributed by atoms with van der Waals surface area (Å²) in [7, 11) is -3.51. The molecule has 0 spiro atoms. The molecule has 2 fully saturated rings. The number of nitrogens with one attached hydrogen (secondary N) is 1. The second kappa shape index (κ2) is 5.74. The van der Waals surface area contributed by atoms with Crippen LogP contribution < -0.4 is 4.72 Å². The molecule has 0 atom stereocenters. The van der Waals surface area contributed by atoms with Gasteiger partial charge in [0.15, 0.2) is 0 Å². The summed E-state index contributed by atoms with van der Waals surface area (Å²) in [5.41, 5.74) is 0. The molecule has 1 aliphatic carbocycles. The lowest BCUT2D eigenvalue weighted by atomic mass is 9.83. The minimum Gasteiger partial charge on any atom is -0.481 e. The van der Waals surface area contributed by atoms with Crippen molar-refractivity contribution in [2.24, 2.45) is 11.8 Å². The molecule has 2 aliphatic rings. The van der Waals surface area contributed by atoms with E-state index in [2.05, 4.69) is 4.72 Å². The van der Waals surface area contributed by atoms with Crippen LogP contribution in [-0.4, -0.2) is 54.6 Å². The summed E-state index contributed by atoms with van der Waals surface area (Å²) in [6.45, 7) is 0.845. The number of aliphatic hydroxyl groups is 1. The number of hydrogen-bond donors (Lipinski definition) is 3. The maximum absolute atomic E-state index is 12.0. The quantitative estimate of drug-likeness (QED) is 0.626. The third-order valence-corrected chi connectivity index (χ3v) is 5.48. The van der Waals surface area contributed by atoms with Gasteiger partial charge >= 0.3 is 5.97 Å². The molecule has 1 saturated carbocycles. The molecular formula is C11H20N2O5S. The number of nitrogens with zero attached hydrogens (tertiary/aromatic N) is 1. The minimum atomic E-state index is -3.51. The molecule has 19 heavy (non-hydrogen) atoms. The van der Waals surface area contributed by atoms with Crippen molar-refractivity contribution < 1.29 is 23.4 Å². The highest BCUT2D eigenvalue weighted by Crippen LogP contribution is 2.26. The Balaban J connectivity index is 1.78. The van der Waals surface area contributed by atoms with Crippen molar-refractivity contribution in [3.63, 3.8) is 0 Å². The van der Waals surface area contributed by atoms with Crippen LogP contribution in [0.1, 0.15) is 25.7 Å². The molecule has 1 saturated heterocycles. The van der Waals surface area contributed by atoms with Crippen molar-refractivity contribution in [3.8, 4) is 0 Å². The van der Waals surface area contributed by atoms with Crippen LogP contribution in [0.25, 0.3) is 0 Å². The van der Waals surface area contributed by atoms with Gasteiger partial charge in [-0.15, -0.1) is 0 Å². The van der Waals surface area contributed by atoms with Gasteiger partial charge < -0.3 is 10.2 Å². The highest BCUT2D eigenvalue weighted by molar-refractivity contribution is 7.87. The van der Waals surface area contributed by atoms with Crippen molar-refractivity contribution >= 4 is 16.2 Å². The summed E-state index contributed by atoms with van der Waals surface area (Å²) in [5, 5.41) is 18.0. The first kappa shape index (κ1) is 14.7. The molecule has 0 unspecified atom stereocenters.